The Morgan fingerprint density at radius 3 is 2.24 bits per heavy atom. The van der Waals surface area contributed by atoms with Crippen LogP contribution in [0.25, 0.3) is 0 Å². The first-order valence-electron chi connectivity index (χ1n) is 8.12. The van der Waals surface area contributed by atoms with Gasteiger partial charge in [0.2, 0.25) is 0 Å². The fraction of sp³-hybridized carbons (Fsp3) is 0.316. The van der Waals surface area contributed by atoms with E-state index >= 15 is 0 Å². The first kappa shape index (κ1) is 19.0. The van der Waals surface area contributed by atoms with E-state index in [0.29, 0.717) is 16.8 Å². The van der Waals surface area contributed by atoms with Crippen LogP contribution in [0.2, 0.25) is 0 Å². The lowest BCUT2D eigenvalue weighted by Gasteiger charge is -2.14. The maximum absolute atomic E-state index is 12.8. The van der Waals surface area contributed by atoms with Crippen molar-refractivity contribution in [2.75, 3.05) is 4.72 Å². The van der Waals surface area contributed by atoms with E-state index in [-0.39, 0.29) is 16.8 Å². The zero-order valence-electron chi connectivity index (χ0n) is 15.2. The van der Waals surface area contributed by atoms with Crippen molar-refractivity contribution in [3.05, 3.63) is 58.7 Å². The third-order valence-electron chi connectivity index (χ3n) is 3.79. The van der Waals surface area contributed by atoms with Crippen LogP contribution in [0.3, 0.4) is 0 Å². The number of benzene rings is 2. The summed E-state index contributed by atoms with van der Waals surface area (Å²) in [5.74, 6) is -0.294. The number of nitrogens with one attached hydrogen (secondary N) is 2. The molecule has 5 nitrogen and oxygen atoms in total. The minimum atomic E-state index is -3.79. The predicted molar refractivity (Wildman–Crippen MR) is 101 cm³/mol. The maximum Gasteiger partial charge on any atom is 0.262 e. The summed E-state index contributed by atoms with van der Waals surface area (Å²) in [7, 11) is -3.79. The predicted octanol–water partition coefficient (Wildman–Crippen LogP) is 3.55. The molecule has 0 bridgehead atoms. The summed E-state index contributed by atoms with van der Waals surface area (Å²) in [4.78, 5) is 12.3. The van der Waals surface area contributed by atoms with Crippen molar-refractivity contribution < 1.29 is 13.2 Å². The summed E-state index contributed by atoms with van der Waals surface area (Å²) in [6, 6.07) is 10.2. The minimum absolute atomic E-state index is 0.0257. The van der Waals surface area contributed by atoms with Crippen LogP contribution in [0.1, 0.15) is 40.9 Å². The maximum atomic E-state index is 12.8. The van der Waals surface area contributed by atoms with Crippen molar-refractivity contribution in [3.63, 3.8) is 0 Å². The molecule has 0 aliphatic rings. The summed E-state index contributed by atoms with van der Waals surface area (Å²) >= 11 is 0. The summed E-state index contributed by atoms with van der Waals surface area (Å²) in [5.41, 5.74) is 3.33. The molecule has 2 N–H and O–H groups in total. The zero-order valence-corrected chi connectivity index (χ0v) is 16.0. The molecule has 2 aromatic rings. The molecule has 2 rings (SSSR count). The largest absolute Gasteiger partial charge is 0.350 e. The van der Waals surface area contributed by atoms with E-state index < -0.39 is 10.0 Å². The van der Waals surface area contributed by atoms with Gasteiger partial charge >= 0.3 is 0 Å². The van der Waals surface area contributed by atoms with E-state index in [4.69, 9.17) is 0 Å². The Balaban J connectivity index is 2.40. The standard InChI is InChI=1S/C19H24N2O3S/c1-12(2)20-19(22)16-8-7-14(4)18(11-16)25(23,24)21-17-9-6-13(3)10-15(17)5/h6-12,21H,1-5H3,(H,20,22). The molecule has 1 amide bonds. The van der Waals surface area contributed by atoms with Crippen molar-refractivity contribution in [1.82, 2.24) is 5.32 Å². The molecular formula is C19H24N2O3S. The first-order chi connectivity index (χ1) is 11.6. The summed E-state index contributed by atoms with van der Waals surface area (Å²) in [6.45, 7) is 9.22. The normalized spacial score (nSPS) is 11.4. The lowest BCUT2D eigenvalue weighted by atomic mass is 10.1. The van der Waals surface area contributed by atoms with Crippen LogP contribution in [-0.2, 0) is 10.0 Å². The highest BCUT2D eigenvalue weighted by Gasteiger charge is 2.20. The third-order valence-corrected chi connectivity index (χ3v) is 5.29. The molecule has 0 unspecified atom stereocenters. The van der Waals surface area contributed by atoms with Gasteiger partial charge < -0.3 is 5.32 Å². The Hall–Kier alpha value is -2.34. The number of sulfonamides is 1. The average Bonchev–Trinajstić information content (AvgIpc) is 2.49. The minimum Gasteiger partial charge on any atom is -0.350 e. The summed E-state index contributed by atoms with van der Waals surface area (Å²) in [5, 5.41) is 2.77. The van der Waals surface area contributed by atoms with Gasteiger partial charge in [-0.05, 0) is 63.9 Å². The lowest BCUT2D eigenvalue weighted by molar-refractivity contribution is 0.0943. The van der Waals surface area contributed by atoms with E-state index in [1.807, 2.05) is 39.8 Å². The number of carbonyl (C=O) groups is 1. The van der Waals surface area contributed by atoms with Crippen molar-refractivity contribution in [2.24, 2.45) is 0 Å². The third kappa shape index (κ3) is 4.60. The van der Waals surface area contributed by atoms with Gasteiger partial charge in [-0.3, -0.25) is 9.52 Å². The second-order valence-electron chi connectivity index (χ2n) is 6.53. The molecule has 0 spiro atoms. The van der Waals surface area contributed by atoms with Crippen LogP contribution in [-0.4, -0.2) is 20.4 Å². The van der Waals surface area contributed by atoms with Crippen LogP contribution < -0.4 is 10.0 Å². The molecule has 0 radical (unpaired) electrons. The highest BCUT2D eigenvalue weighted by Crippen LogP contribution is 2.23. The van der Waals surface area contributed by atoms with E-state index in [1.165, 1.54) is 6.07 Å². The number of rotatable bonds is 5. The van der Waals surface area contributed by atoms with Gasteiger partial charge in [0.1, 0.15) is 0 Å². The monoisotopic (exact) mass is 360 g/mol. The molecule has 0 saturated heterocycles. The van der Waals surface area contributed by atoms with Crippen LogP contribution in [0.4, 0.5) is 5.69 Å². The van der Waals surface area contributed by atoms with Crippen LogP contribution in [0.5, 0.6) is 0 Å². The smallest absolute Gasteiger partial charge is 0.262 e. The number of amides is 1. The Morgan fingerprint density at radius 2 is 1.64 bits per heavy atom. The van der Waals surface area contributed by atoms with Gasteiger partial charge in [0.25, 0.3) is 15.9 Å². The quantitative estimate of drug-likeness (QED) is 0.856. The molecule has 0 heterocycles. The Bertz CT molecular complexity index is 903. The summed E-state index contributed by atoms with van der Waals surface area (Å²) in [6.07, 6.45) is 0. The van der Waals surface area contributed by atoms with Crippen LogP contribution >= 0.6 is 0 Å². The second kappa shape index (κ2) is 7.27. The van der Waals surface area contributed by atoms with Gasteiger partial charge in [-0.1, -0.05) is 23.8 Å². The van der Waals surface area contributed by atoms with Crippen molar-refractivity contribution in [2.45, 2.75) is 45.6 Å². The topological polar surface area (TPSA) is 75.3 Å². The van der Waals surface area contributed by atoms with E-state index in [0.717, 1.165) is 11.1 Å². The molecule has 0 aliphatic heterocycles. The molecular weight excluding hydrogens is 336 g/mol. The fourth-order valence-electron chi connectivity index (χ4n) is 2.50. The van der Waals surface area contributed by atoms with E-state index in [2.05, 4.69) is 10.0 Å². The molecule has 0 atom stereocenters. The number of anilines is 1. The fourth-order valence-corrected chi connectivity index (χ4v) is 3.91. The molecule has 0 saturated carbocycles. The van der Waals surface area contributed by atoms with Gasteiger partial charge in [-0.2, -0.15) is 0 Å². The number of aryl methyl sites for hydroxylation is 3. The lowest BCUT2D eigenvalue weighted by Crippen LogP contribution is -2.30. The van der Waals surface area contributed by atoms with Crippen molar-refractivity contribution in [3.8, 4) is 0 Å². The Kier molecular flexibility index (Phi) is 5.52. The van der Waals surface area contributed by atoms with Gasteiger partial charge in [0, 0.05) is 11.6 Å². The van der Waals surface area contributed by atoms with Gasteiger partial charge in [0.15, 0.2) is 0 Å². The summed E-state index contributed by atoms with van der Waals surface area (Å²) < 4.78 is 28.2. The van der Waals surface area contributed by atoms with E-state index in [1.54, 1.807) is 25.1 Å². The zero-order chi connectivity index (χ0) is 18.8. The Labute approximate surface area is 149 Å². The Morgan fingerprint density at radius 1 is 0.960 bits per heavy atom. The van der Waals surface area contributed by atoms with Crippen molar-refractivity contribution in [1.29, 1.82) is 0 Å². The molecule has 0 aromatic heterocycles. The number of hydrogen-bond acceptors (Lipinski definition) is 3. The highest BCUT2D eigenvalue weighted by molar-refractivity contribution is 7.92. The number of hydrogen-bond donors (Lipinski definition) is 2. The molecule has 134 valence electrons. The molecule has 0 aliphatic carbocycles. The molecule has 2 aromatic carbocycles. The highest BCUT2D eigenvalue weighted by atomic mass is 32.2. The van der Waals surface area contributed by atoms with Crippen LogP contribution in [0, 0.1) is 20.8 Å². The molecule has 0 fully saturated rings. The van der Waals surface area contributed by atoms with Crippen molar-refractivity contribution >= 4 is 21.6 Å². The average molecular weight is 360 g/mol. The van der Waals surface area contributed by atoms with E-state index in [9.17, 15) is 13.2 Å². The molecule has 25 heavy (non-hydrogen) atoms. The SMILES string of the molecule is Cc1ccc(NS(=O)(=O)c2cc(C(=O)NC(C)C)ccc2C)c(C)c1. The first-order valence-corrected chi connectivity index (χ1v) is 9.60. The van der Waals surface area contributed by atoms with Gasteiger partial charge in [-0.25, -0.2) is 8.42 Å². The molecule has 6 heteroatoms. The van der Waals surface area contributed by atoms with Gasteiger partial charge in [0.05, 0.1) is 10.6 Å². The van der Waals surface area contributed by atoms with Crippen LogP contribution in [0.15, 0.2) is 41.3 Å². The van der Waals surface area contributed by atoms with Gasteiger partial charge in [-0.15, -0.1) is 0 Å². The second-order valence-corrected chi connectivity index (χ2v) is 8.18. The number of carbonyl (C=O) groups excluding carboxylic acids is 1.